The van der Waals surface area contributed by atoms with Gasteiger partial charge in [-0.2, -0.15) is 16.9 Å². The Hall–Kier alpha value is -1.17. The van der Waals surface area contributed by atoms with Gasteiger partial charge in [0.05, 0.1) is 11.4 Å². The summed E-state index contributed by atoms with van der Waals surface area (Å²) in [5, 5.41) is 9.89. The monoisotopic (exact) mass is 268 g/mol. The van der Waals surface area contributed by atoms with Crippen LogP contribution in [0.2, 0.25) is 0 Å². The summed E-state index contributed by atoms with van der Waals surface area (Å²) in [6, 6.07) is 0.245. The van der Waals surface area contributed by atoms with Crippen LogP contribution in [-0.4, -0.2) is 33.7 Å². The number of thioether (sulfide) groups is 1. The van der Waals surface area contributed by atoms with E-state index in [2.05, 4.69) is 15.5 Å². The summed E-state index contributed by atoms with van der Waals surface area (Å²) >= 11 is 1.88. The Morgan fingerprint density at radius 3 is 2.94 bits per heavy atom. The number of nitrogens with one attached hydrogen (secondary N) is 2. The van der Waals surface area contributed by atoms with E-state index >= 15 is 0 Å². The maximum atomic E-state index is 12.1. The number of hydrogen-bond acceptors (Lipinski definition) is 4. The van der Waals surface area contributed by atoms with E-state index in [4.69, 9.17) is 5.73 Å². The third-order valence-corrected chi connectivity index (χ3v) is 4.34. The molecule has 1 aromatic rings. The second-order valence-electron chi connectivity index (χ2n) is 4.94. The average Bonchev–Trinajstić information content (AvgIpc) is 2.72. The zero-order valence-corrected chi connectivity index (χ0v) is 11.6. The van der Waals surface area contributed by atoms with Crippen molar-refractivity contribution in [2.75, 3.05) is 17.2 Å². The fraction of sp³-hybridized carbons (Fsp3) is 0.667. The predicted octanol–water partition coefficient (Wildman–Crippen LogP) is 1.74. The minimum Gasteiger partial charge on any atom is -0.395 e. The molecule has 1 atom stereocenters. The van der Waals surface area contributed by atoms with Gasteiger partial charge in [0, 0.05) is 11.8 Å². The van der Waals surface area contributed by atoms with Crippen LogP contribution in [0.15, 0.2) is 0 Å². The van der Waals surface area contributed by atoms with E-state index < -0.39 is 0 Å². The van der Waals surface area contributed by atoms with Crippen molar-refractivity contribution < 1.29 is 4.79 Å². The van der Waals surface area contributed by atoms with Crippen molar-refractivity contribution in [2.24, 2.45) is 0 Å². The van der Waals surface area contributed by atoms with Gasteiger partial charge in [0.1, 0.15) is 0 Å². The molecule has 0 saturated carbocycles. The van der Waals surface area contributed by atoms with Gasteiger partial charge in [-0.25, -0.2) is 0 Å². The lowest BCUT2D eigenvalue weighted by molar-refractivity contribution is 0.0934. The van der Waals surface area contributed by atoms with Crippen LogP contribution in [0.25, 0.3) is 0 Å². The second-order valence-corrected chi connectivity index (χ2v) is 6.09. The van der Waals surface area contributed by atoms with Gasteiger partial charge >= 0.3 is 0 Å². The molecule has 5 nitrogen and oxygen atoms in total. The van der Waals surface area contributed by atoms with E-state index in [0.29, 0.717) is 11.4 Å². The van der Waals surface area contributed by atoms with Crippen molar-refractivity contribution in [3.8, 4) is 0 Å². The first-order valence-electron chi connectivity index (χ1n) is 6.32. The fourth-order valence-corrected chi connectivity index (χ4v) is 3.16. The lowest BCUT2D eigenvalue weighted by Crippen LogP contribution is -2.38. The van der Waals surface area contributed by atoms with Gasteiger partial charge in [-0.3, -0.25) is 9.89 Å². The molecule has 0 radical (unpaired) electrons. The molecule has 0 bridgehead atoms. The normalized spacial score (nSPS) is 20.1. The van der Waals surface area contributed by atoms with Gasteiger partial charge in [-0.05, 0) is 24.5 Å². The topological polar surface area (TPSA) is 83.8 Å². The summed E-state index contributed by atoms with van der Waals surface area (Å²) in [4.78, 5) is 12.1. The van der Waals surface area contributed by atoms with Gasteiger partial charge in [0.25, 0.3) is 5.91 Å². The highest BCUT2D eigenvalue weighted by Gasteiger charge is 2.22. The number of rotatable bonds is 3. The summed E-state index contributed by atoms with van der Waals surface area (Å²) in [5.41, 5.74) is 7.59. The van der Waals surface area contributed by atoms with Crippen LogP contribution in [0.4, 0.5) is 5.69 Å². The molecule has 1 aromatic heterocycles. The lowest BCUT2D eigenvalue weighted by Gasteiger charge is -2.22. The number of amides is 1. The third-order valence-electron chi connectivity index (χ3n) is 3.12. The molecule has 1 aliphatic rings. The number of carbonyl (C=O) groups is 1. The Morgan fingerprint density at radius 2 is 2.39 bits per heavy atom. The van der Waals surface area contributed by atoms with Crippen molar-refractivity contribution in [3.05, 3.63) is 11.4 Å². The zero-order chi connectivity index (χ0) is 13.1. The van der Waals surface area contributed by atoms with Crippen molar-refractivity contribution in [3.63, 3.8) is 0 Å². The molecule has 6 heteroatoms. The molecule has 100 valence electrons. The molecular weight excluding hydrogens is 248 g/mol. The smallest absolute Gasteiger partial charge is 0.274 e. The highest BCUT2D eigenvalue weighted by atomic mass is 32.2. The first kappa shape index (κ1) is 13.3. The Balaban J connectivity index is 2.04. The van der Waals surface area contributed by atoms with E-state index in [9.17, 15) is 4.79 Å². The molecule has 2 heterocycles. The average molecular weight is 268 g/mol. The van der Waals surface area contributed by atoms with Crippen LogP contribution in [0.3, 0.4) is 0 Å². The quantitative estimate of drug-likeness (QED) is 0.779. The van der Waals surface area contributed by atoms with Gasteiger partial charge in [0.15, 0.2) is 5.69 Å². The highest BCUT2D eigenvalue weighted by Crippen LogP contribution is 2.23. The molecule has 0 spiro atoms. The van der Waals surface area contributed by atoms with Gasteiger partial charge in [-0.1, -0.05) is 13.8 Å². The fourth-order valence-electron chi connectivity index (χ4n) is 2.09. The lowest BCUT2D eigenvalue weighted by atomic mass is 10.1. The minimum atomic E-state index is -0.164. The summed E-state index contributed by atoms with van der Waals surface area (Å²) < 4.78 is 0. The van der Waals surface area contributed by atoms with Gasteiger partial charge in [-0.15, -0.1) is 0 Å². The molecule has 1 unspecified atom stereocenters. The number of anilines is 1. The van der Waals surface area contributed by atoms with Crippen LogP contribution in [-0.2, 0) is 0 Å². The molecule has 4 N–H and O–H groups in total. The minimum absolute atomic E-state index is 0.164. The molecule has 1 amide bonds. The Bertz CT molecular complexity index is 424. The van der Waals surface area contributed by atoms with Crippen LogP contribution >= 0.6 is 11.8 Å². The molecule has 0 aliphatic carbocycles. The Labute approximate surface area is 111 Å². The van der Waals surface area contributed by atoms with E-state index in [1.807, 2.05) is 25.6 Å². The van der Waals surface area contributed by atoms with Gasteiger partial charge in [0.2, 0.25) is 0 Å². The Morgan fingerprint density at radius 1 is 1.61 bits per heavy atom. The molecule has 1 fully saturated rings. The molecule has 1 saturated heterocycles. The number of carbonyl (C=O) groups excluding carboxylic acids is 1. The molecule has 0 aromatic carbocycles. The maximum Gasteiger partial charge on any atom is 0.274 e. The zero-order valence-electron chi connectivity index (χ0n) is 10.8. The van der Waals surface area contributed by atoms with E-state index in [-0.39, 0.29) is 17.9 Å². The SMILES string of the molecule is CC(C)c1[nH]nc(C(=O)NC2CCCSC2)c1N. The van der Waals surface area contributed by atoms with Crippen molar-refractivity contribution in [1.29, 1.82) is 0 Å². The summed E-state index contributed by atoms with van der Waals surface area (Å²) in [6.07, 6.45) is 2.20. The summed E-state index contributed by atoms with van der Waals surface area (Å²) in [7, 11) is 0. The number of nitrogen functional groups attached to an aromatic ring is 1. The number of nitrogens with zero attached hydrogens (tertiary/aromatic N) is 1. The number of nitrogens with two attached hydrogens (primary N) is 1. The molecule has 18 heavy (non-hydrogen) atoms. The number of hydrogen-bond donors (Lipinski definition) is 3. The number of aromatic amines is 1. The largest absolute Gasteiger partial charge is 0.395 e. The first-order chi connectivity index (χ1) is 8.59. The standard InChI is InChI=1S/C12H20N4OS/c1-7(2)10-9(13)11(16-15-10)12(17)14-8-4-3-5-18-6-8/h7-8H,3-6,13H2,1-2H3,(H,14,17)(H,15,16). The summed E-state index contributed by atoms with van der Waals surface area (Å²) in [5.74, 6) is 2.24. The predicted molar refractivity (Wildman–Crippen MR) is 74.9 cm³/mol. The Kier molecular flexibility index (Phi) is 4.16. The number of aromatic nitrogens is 2. The molecule has 1 aliphatic heterocycles. The van der Waals surface area contributed by atoms with Crippen molar-refractivity contribution in [2.45, 2.75) is 38.6 Å². The van der Waals surface area contributed by atoms with Crippen LogP contribution in [0.1, 0.15) is 48.8 Å². The second kappa shape index (κ2) is 5.65. The molecule has 2 rings (SSSR count). The van der Waals surface area contributed by atoms with Crippen LogP contribution in [0.5, 0.6) is 0 Å². The summed E-state index contributed by atoms with van der Waals surface area (Å²) in [6.45, 7) is 4.03. The van der Waals surface area contributed by atoms with E-state index in [1.165, 1.54) is 5.75 Å². The third kappa shape index (κ3) is 2.80. The number of H-pyrrole nitrogens is 1. The first-order valence-corrected chi connectivity index (χ1v) is 7.47. The van der Waals surface area contributed by atoms with Gasteiger partial charge < -0.3 is 11.1 Å². The van der Waals surface area contributed by atoms with Crippen molar-refractivity contribution >= 4 is 23.4 Å². The van der Waals surface area contributed by atoms with Crippen molar-refractivity contribution in [1.82, 2.24) is 15.5 Å². The van der Waals surface area contributed by atoms with E-state index in [1.54, 1.807) is 0 Å². The maximum absolute atomic E-state index is 12.1. The van der Waals surface area contributed by atoms with E-state index in [0.717, 1.165) is 24.3 Å². The highest BCUT2D eigenvalue weighted by molar-refractivity contribution is 7.99. The van der Waals surface area contributed by atoms with Crippen LogP contribution in [0, 0.1) is 0 Å². The molecular formula is C12H20N4OS. The van der Waals surface area contributed by atoms with Crippen LogP contribution < -0.4 is 11.1 Å².